The molecule has 0 atom stereocenters. The number of halogens is 3. The zero-order valence-electron chi connectivity index (χ0n) is 20.6. The molecule has 0 saturated carbocycles. The van der Waals surface area contributed by atoms with E-state index in [0.717, 1.165) is 24.3 Å². The summed E-state index contributed by atoms with van der Waals surface area (Å²) in [6.45, 7) is 7.74. The van der Waals surface area contributed by atoms with Crippen molar-refractivity contribution in [2.75, 3.05) is 32.9 Å². The molecule has 7 nitrogen and oxygen atoms in total. The van der Waals surface area contributed by atoms with E-state index in [0.29, 0.717) is 36.5 Å². The third-order valence-electron chi connectivity index (χ3n) is 5.68. The van der Waals surface area contributed by atoms with Gasteiger partial charge < -0.3 is 18.9 Å². The second-order valence-corrected chi connectivity index (χ2v) is 7.99. The Hall–Kier alpha value is -3.14. The summed E-state index contributed by atoms with van der Waals surface area (Å²) in [5, 5.41) is 0. The second-order valence-electron chi connectivity index (χ2n) is 7.99. The number of alkyl halides is 3. The van der Waals surface area contributed by atoms with E-state index in [2.05, 4.69) is 0 Å². The highest BCUT2D eigenvalue weighted by Crippen LogP contribution is 2.29. The van der Waals surface area contributed by atoms with Crippen molar-refractivity contribution in [1.29, 1.82) is 0 Å². The van der Waals surface area contributed by atoms with Crippen LogP contribution in [-0.2, 0) is 22.7 Å². The standard InChI is InChI=1S/C25H31F3N2O5/c1-6-34-14-8-13-30(23(32)18-9-11-19(12-10-18)25(26,27)28)15-20(31)21-16(3)22(24(33)35-7-2)29(5)17(21)4/h9-12H,6-8,13-15H2,1-5H3. The number of amides is 1. The maximum Gasteiger partial charge on any atom is 0.416 e. The Balaban J connectivity index is 2.33. The SMILES string of the molecule is CCOCCCN(CC(=O)c1c(C)c(C(=O)OCC)n(C)c1C)C(=O)c1ccc(C(F)(F)F)cc1. The summed E-state index contributed by atoms with van der Waals surface area (Å²) in [5.74, 6) is -1.51. The van der Waals surface area contributed by atoms with Gasteiger partial charge in [-0.25, -0.2) is 4.79 Å². The molecule has 1 aromatic carbocycles. The van der Waals surface area contributed by atoms with Gasteiger partial charge in [0.05, 0.1) is 18.7 Å². The second kappa shape index (κ2) is 12.0. The molecule has 0 bridgehead atoms. The quantitative estimate of drug-likeness (QED) is 0.258. The minimum atomic E-state index is -4.52. The molecule has 0 unspecified atom stereocenters. The maximum atomic E-state index is 13.3. The van der Waals surface area contributed by atoms with Crippen LogP contribution >= 0.6 is 0 Å². The number of esters is 1. The Labute approximate surface area is 202 Å². The Bertz CT molecular complexity index is 1060. The molecular weight excluding hydrogens is 465 g/mol. The van der Waals surface area contributed by atoms with Crippen LogP contribution in [0, 0.1) is 13.8 Å². The van der Waals surface area contributed by atoms with Gasteiger partial charge in [-0.15, -0.1) is 0 Å². The van der Waals surface area contributed by atoms with E-state index in [1.165, 1.54) is 4.90 Å². The summed E-state index contributed by atoms with van der Waals surface area (Å²) in [7, 11) is 1.65. The number of carbonyl (C=O) groups excluding carboxylic acids is 3. The molecule has 0 saturated heterocycles. The normalized spacial score (nSPS) is 11.4. The van der Waals surface area contributed by atoms with Crippen molar-refractivity contribution in [3.63, 3.8) is 0 Å². The molecule has 0 radical (unpaired) electrons. The van der Waals surface area contributed by atoms with E-state index in [-0.39, 0.29) is 36.7 Å². The third-order valence-corrected chi connectivity index (χ3v) is 5.68. The molecule has 192 valence electrons. The van der Waals surface area contributed by atoms with Crippen LogP contribution in [0.15, 0.2) is 24.3 Å². The minimum absolute atomic E-state index is 0.0379. The zero-order valence-corrected chi connectivity index (χ0v) is 20.6. The predicted octanol–water partition coefficient (Wildman–Crippen LogP) is 4.59. The van der Waals surface area contributed by atoms with Gasteiger partial charge in [0, 0.05) is 43.6 Å². The number of ether oxygens (including phenoxy) is 2. The molecule has 2 rings (SSSR count). The molecule has 0 fully saturated rings. The van der Waals surface area contributed by atoms with E-state index in [9.17, 15) is 27.6 Å². The first-order valence-electron chi connectivity index (χ1n) is 11.3. The Morgan fingerprint density at radius 1 is 1.03 bits per heavy atom. The molecule has 35 heavy (non-hydrogen) atoms. The van der Waals surface area contributed by atoms with Crippen molar-refractivity contribution in [2.45, 2.75) is 40.3 Å². The molecule has 0 aliphatic heterocycles. The van der Waals surface area contributed by atoms with Gasteiger partial charge in [0.15, 0.2) is 5.78 Å². The lowest BCUT2D eigenvalue weighted by atomic mass is 10.0. The summed E-state index contributed by atoms with van der Waals surface area (Å²) in [4.78, 5) is 40.1. The van der Waals surface area contributed by atoms with Crippen LogP contribution in [-0.4, -0.2) is 60.0 Å². The number of carbonyl (C=O) groups is 3. The number of nitrogens with zero attached hydrogens (tertiary/aromatic N) is 2. The molecule has 0 N–H and O–H groups in total. The Morgan fingerprint density at radius 2 is 1.66 bits per heavy atom. The molecular formula is C25H31F3N2O5. The van der Waals surface area contributed by atoms with Crippen molar-refractivity contribution >= 4 is 17.7 Å². The van der Waals surface area contributed by atoms with Gasteiger partial charge in [-0.3, -0.25) is 9.59 Å². The first-order chi connectivity index (χ1) is 16.4. The highest BCUT2D eigenvalue weighted by Gasteiger charge is 2.31. The van der Waals surface area contributed by atoms with E-state index in [4.69, 9.17) is 9.47 Å². The highest BCUT2D eigenvalue weighted by atomic mass is 19.4. The topological polar surface area (TPSA) is 77.8 Å². The Morgan fingerprint density at radius 3 is 2.20 bits per heavy atom. The molecule has 1 amide bonds. The summed E-state index contributed by atoms with van der Waals surface area (Å²) in [5.41, 5.74) is 0.734. The molecule has 1 heterocycles. The van der Waals surface area contributed by atoms with Crippen LogP contribution in [0.25, 0.3) is 0 Å². The number of hydrogen-bond donors (Lipinski definition) is 0. The fourth-order valence-electron chi connectivity index (χ4n) is 3.87. The van der Waals surface area contributed by atoms with Gasteiger partial charge in [0.25, 0.3) is 5.91 Å². The van der Waals surface area contributed by atoms with E-state index in [1.807, 2.05) is 6.92 Å². The minimum Gasteiger partial charge on any atom is -0.461 e. The average Bonchev–Trinajstić information content (AvgIpc) is 3.03. The largest absolute Gasteiger partial charge is 0.461 e. The molecule has 0 aliphatic rings. The summed E-state index contributed by atoms with van der Waals surface area (Å²) < 4.78 is 50.7. The zero-order chi connectivity index (χ0) is 26.3. The van der Waals surface area contributed by atoms with Crippen molar-refractivity contribution < 1.29 is 37.0 Å². The lowest BCUT2D eigenvalue weighted by Gasteiger charge is -2.22. The summed E-state index contributed by atoms with van der Waals surface area (Å²) >= 11 is 0. The molecule has 0 spiro atoms. The van der Waals surface area contributed by atoms with Gasteiger partial charge in [0.1, 0.15) is 5.69 Å². The fraction of sp³-hybridized carbons (Fsp3) is 0.480. The molecule has 1 aromatic heterocycles. The monoisotopic (exact) mass is 496 g/mol. The highest BCUT2D eigenvalue weighted by molar-refractivity contribution is 6.06. The molecule has 2 aromatic rings. The fourth-order valence-corrected chi connectivity index (χ4v) is 3.87. The number of hydrogen-bond acceptors (Lipinski definition) is 5. The van der Waals surface area contributed by atoms with Crippen molar-refractivity contribution in [1.82, 2.24) is 9.47 Å². The summed E-state index contributed by atoms with van der Waals surface area (Å²) in [6, 6.07) is 3.88. The smallest absolute Gasteiger partial charge is 0.416 e. The number of ketones is 1. The van der Waals surface area contributed by atoms with Gasteiger partial charge >= 0.3 is 12.1 Å². The number of benzene rings is 1. The Kier molecular flexibility index (Phi) is 9.64. The van der Waals surface area contributed by atoms with Crippen LogP contribution in [0.1, 0.15) is 68.3 Å². The molecule has 10 heteroatoms. The van der Waals surface area contributed by atoms with Crippen molar-refractivity contribution in [2.24, 2.45) is 7.05 Å². The van der Waals surface area contributed by atoms with Gasteiger partial charge in [-0.2, -0.15) is 13.2 Å². The van der Waals surface area contributed by atoms with Gasteiger partial charge in [-0.05, 0) is 63.9 Å². The third kappa shape index (κ3) is 6.72. The number of rotatable bonds is 11. The first kappa shape index (κ1) is 28.1. The number of Topliss-reactive ketones (excluding diaryl/α,β-unsaturated/α-hetero) is 1. The van der Waals surface area contributed by atoms with Crippen LogP contribution in [0.2, 0.25) is 0 Å². The average molecular weight is 497 g/mol. The lowest BCUT2D eigenvalue weighted by molar-refractivity contribution is -0.137. The van der Waals surface area contributed by atoms with Crippen molar-refractivity contribution in [3.8, 4) is 0 Å². The van der Waals surface area contributed by atoms with E-state index in [1.54, 1.807) is 32.4 Å². The van der Waals surface area contributed by atoms with Gasteiger partial charge in [-0.1, -0.05) is 0 Å². The maximum absolute atomic E-state index is 13.3. The van der Waals surface area contributed by atoms with Crippen LogP contribution < -0.4 is 0 Å². The van der Waals surface area contributed by atoms with Crippen LogP contribution in [0.5, 0.6) is 0 Å². The summed E-state index contributed by atoms with van der Waals surface area (Å²) in [6.07, 6.45) is -4.08. The van der Waals surface area contributed by atoms with Crippen LogP contribution in [0.4, 0.5) is 13.2 Å². The predicted molar refractivity (Wildman–Crippen MR) is 124 cm³/mol. The van der Waals surface area contributed by atoms with Crippen LogP contribution in [0.3, 0.4) is 0 Å². The number of aromatic nitrogens is 1. The van der Waals surface area contributed by atoms with Crippen molar-refractivity contribution in [3.05, 3.63) is 57.9 Å². The van der Waals surface area contributed by atoms with E-state index < -0.39 is 23.6 Å². The van der Waals surface area contributed by atoms with Gasteiger partial charge in [0.2, 0.25) is 0 Å². The lowest BCUT2D eigenvalue weighted by Crippen LogP contribution is -2.37. The first-order valence-corrected chi connectivity index (χ1v) is 11.3. The molecule has 0 aliphatic carbocycles. The van der Waals surface area contributed by atoms with E-state index >= 15 is 0 Å².